The van der Waals surface area contributed by atoms with Gasteiger partial charge in [-0.1, -0.05) is 17.3 Å². The fraction of sp³-hybridized carbons (Fsp3) is 0.526. The molecule has 1 aliphatic heterocycles. The van der Waals surface area contributed by atoms with Gasteiger partial charge in [0.15, 0.2) is 0 Å². The fourth-order valence-corrected chi connectivity index (χ4v) is 3.93. The number of aromatic nitrogens is 2. The normalized spacial score (nSPS) is 23.8. The lowest BCUT2D eigenvalue weighted by Crippen LogP contribution is -2.41. The summed E-state index contributed by atoms with van der Waals surface area (Å²) < 4.78 is 4.99. The Balaban J connectivity index is 1.32. The molecule has 2 aliphatic rings. The van der Waals surface area contributed by atoms with Crippen molar-refractivity contribution in [1.29, 1.82) is 0 Å². The van der Waals surface area contributed by atoms with Gasteiger partial charge in [0.05, 0.1) is 0 Å². The summed E-state index contributed by atoms with van der Waals surface area (Å²) in [7, 11) is 0. The van der Waals surface area contributed by atoms with Crippen molar-refractivity contribution >= 4 is 5.91 Å². The molecule has 1 aliphatic carbocycles. The molecule has 1 aromatic carbocycles. The van der Waals surface area contributed by atoms with E-state index in [1.54, 1.807) is 19.1 Å². The van der Waals surface area contributed by atoms with E-state index < -0.39 is 0 Å². The van der Waals surface area contributed by atoms with Crippen LogP contribution in [0.5, 0.6) is 0 Å². The molecule has 2 fully saturated rings. The monoisotopic (exact) mass is 340 g/mol. The Kier molecular flexibility index (Phi) is 4.29. The van der Waals surface area contributed by atoms with Crippen LogP contribution in [-0.4, -0.2) is 46.6 Å². The molecular weight excluding hydrogens is 316 g/mol. The Hall–Kier alpha value is -2.21. The fourth-order valence-electron chi connectivity index (χ4n) is 3.93. The van der Waals surface area contributed by atoms with Crippen molar-refractivity contribution < 1.29 is 9.32 Å². The zero-order valence-electron chi connectivity index (χ0n) is 14.7. The number of nitrogens with zero attached hydrogens (tertiary/aromatic N) is 3. The predicted molar refractivity (Wildman–Crippen MR) is 94.1 cm³/mol. The molecule has 132 valence electrons. The van der Waals surface area contributed by atoms with Gasteiger partial charge < -0.3 is 14.7 Å². The molecule has 25 heavy (non-hydrogen) atoms. The number of rotatable bonds is 5. The van der Waals surface area contributed by atoms with Crippen molar-refractivity contribution in [2.24, 2.45) is 11.8 Å². The summed E-state index contributed by atoms with van der Waals surface area (Å²) in [4.78, 5) is 19.1. The third-order valence-electron chi connectivity index (χ3n) is 5.40. The first kappa shape index (κ1) is 16.3. The summed E-state index contributed by atoms with van der Waals surface area (Å²) in [5.74, 6) is 2.85. The first-order valence-electron chi connectivity index (χ1n) is 9.02. The third kappa shape index (κ3) is 3.44. The minimum Gasteiger partial charge on any atom is -0.348 e. The molecule has 0 bridgehead atoms. The van der Waals surface area contributed by atoms with Crippen LogP contribution in [0.25, 0.3) is 11.4 Å². The second-order valence-corrected chi connectivity index (χ2v) is 7.40. The van der Waals surface area contributed by atoms with Crippen LogP contribution in [-0.2, 0) is 0 Å². The molecule has 2 aromatic rings. The van der Waals surface area contributed by atoms with Gasteiger partial charge in [-0.05, 0) is 43.7 Å². The Morgan fingerprint density at radius 2 is 1.96 bits per heavy atom. The second-order valence-electron chi connectivity index (χ2n) is 7.40. The van der Waals surface area contributed by atoms with E-state index in [9.17, 15) is 4.79 Å². The van der Waals surface area contributed by atoms with Gasteiger partial charge >= 0.3 is 0 Å². The highest BCUT2D eigenvalue weighted by molar-refractivity contribution is 5.94. The van der Waals surface area contributed by atoms with Crippen LogP contribution in [0.3, 0.4) is 0 Å². The van der Waals surface area contributed by atoms with Gasteiger partial charge in [0.1, 0.15) is 0 Å². The Bertz CT molecular complexity index is 743. The summed E-state index contributed by atoms with van der Waals surface area (Å²) in [5, 5.41) is 7.00. The summed E-state index contributed by atoms with van der Waals surface area (Å²) >= 11 is 0. The molecule has 1 aromatic heterocycles. The highest BCUT2D eigenvalue weighted by Gasteiger charge is 2.39. The molecule has 0 radical (unpaired) electrons. The number of fused-ring (bicyclic) bond motifs is 1. The zero-order valence-corrected chi connectivity index (χ0v) is 14.7. The van der Waals surface area contributed by atoms with Crippen molar-refractivity contribution in [3.05, 3.63) is 35.7 Å². The number of hydrogen-bond acceptors (Lipinski definition) is 5. The molecule has 1 saturated heterocycles. The summed E-state index contributed by atoms with van der Waals surface area (Å²) in [6.45, 7) is 7.16. The van der Waals surface area contributed by atoms with Crippen LogP contribution in [0.15, 0.2) is 28.8 Å². The van der Waals surface area contributed by atoms with Crippen LogP contribution >= 0.6 is 0 Å². The average molecular weight is 340 g/mol. The minimum absolute atomic E-state index is 0.0366. The van der Waals surface area contributed by atoms with Crippen molar-refractivity contribution in [1.82, 2.24) is 20.4 Å². The Labute approximate surface area is 147 Å². The third-order valence-corrected chi connectivity index (χ3v) is 5.40. The molecule has 1 saturated carbocycles. The Morgan fingerprint density at radius 1 is 1.28 bits per heavy atom. The molecule has 2 heterocycles. The van der Waals surface area contributed by atoms with E-state index in [0.717, 1.165) is 23.9 Å². The molecular formula is C19H24N4O2. The number of carbonyl (C=O) groups excluding carboxylic acids is 1. The highest BCUT2D eigenvalue weighted by Crippen LogP contribution is 2.40. The van der Waals surface area contributed by atoms with Crippen molar-refractivity contribution in [2.75, 3.05) is 19.6 Å². The van der Waals surface area contributed by atoms with Gasteiger partial charge in [0.2, 0.25) is 11.7 Å². The van der Waals surface area contributed by atoms with Crippen LogP contribution in [0.4, 0.5) is 0 Å². The van der Waals surface area contributed by atoms with E-state index in [1.165, 1.54) is 25.9 Å². The van der Waals surface area contributed by atoms with E-state index in [0.29, 0.717) is 17.3 Å². The summed E-state index contributed by atoms with van der Waals surface area (Å²) in [6, 6.07) is 7.45. The first-order valence-corrected chi connectivity index (χ1v) is 9.02. The van der Waals surface area contributed by atoms with Crippen LogP contribution < -0.4 is 5.32 Å². The van der Waals surface area contributed by atoms with E-state index in [-0.39, 0.29) is 11.9 Å². The quantitative estimate of drug-likeness (QED) is 0.905. The summed E-state index contributed by atoms with van der Waals surface area (Å²) in [5.41, 5.74) is 1.49. The number of likely N-dealkylation sites (tertiary alicyclic amines) is 1. The lowest BCUT2D eigenvalue weighted by molar-refractivity contribution is 0.0931. The molecule has 1 amide bonds. The number of hydrogen-bond donors (Lipinski definition) is 1. The maximum Gasteiger partial charge on any atom is 0.251 e. The molecule has 2 unspecified atom stereocenters. The van der Waals surface area contributed by atoms with Gasteiger partial charge in [0, 0.05) is 43.7 Å². The predicted octanol–water partition coefficient (Wildman–Crippen LogP) is 2.51. The van der Waals surface area contributed by atoms with Crippen molar-refractivity contribution in [3.63, 3.8) is 0 Å². The van der Waals surface area contributed by atoms with E-state index >= 15 is 0 Å². The number of nitrogens with one attached hydrogen (secondary N) is 1. The smallest absolute Gasteiger partial charge is 0.251 e. The Morgan fingerprint density at radius 3 is 2.52 bits per heavy atom. The minimum atomic E-state index is -0.0366. The number of carbonyl (C=O) groups is 1. The average Bonchev–Trinajstić information content (AvgIpc) is 3.13. The second kappa shape index (κ2) is 6.59. The molecule has 4 rings (SSSR count). The SMILES string of the molecule is Cc1nc(-c2ccc(C(=O)N[C@H](C)CN3CC4CCC4C3)cc2)no1. The lowest BCUT2D eigenvalue weighted by Gasteiger charge is -2.28. The molecule has 3 atom stereocenters. The molecule has 1 N–H and O–H groups in total. The van der Waals surface area contributed by atoms with Gasteiger partial charge in [-0.15, -0.1) is 0 Å². The van der Waals surface area contributed by atoms with Crippen molar-refractivity contribution in [3.8, 4) is 11.4 Å². The van der Waals surface area contributed by atoms with E-state index in [4.69, 9.17) is 4.52 Å². The summed E-state index contributed by atoms with van der Waals surface area (Å²) in [6.07, 6.45) is 2.77. The van der Waals surface area contributed by atoms with Crippen LogP contribution in [0.2, 0.25) is 0 Å². The number of aryl methyl sites for hydroxylation is 1. The first-order chi connectivity index (χ1) is 12.1. The highest BCUT2D eigenvalue weighted by atomic mass is 16.5. The van der Waals surface area contributed by atoms with Crippen molar-refractivity contribution in [2.45, 2.75) is 32.7 Å². The van der Waals surface area contributed by atoms with Gasteiger partial charge in [-0.2, -0.15) is 4.98 Å². The standard InChI is InChI=1S/C19H24N4O2/c1-12(9-23-10-16-7-8-17(16)11-23)20-19(24)15-5-3-14(4-6-15)18-21-13(2)25-22-18/h3-6,12,16-17H,7-11H2,1-2H3,(H,20,24)/t12-,16?,17?/m1/s1. The van der Waals surface area contributed by atoms with E-state index in [1.807, 2.05) is 12.1 Å². The van der Waals surface area contributed by atoms with Crippen LogP contribution in [0, 0.1) is 18.8 Å². The topological polar surface area (TPSA) is 71.3 Å². The van der Waals surface area contributed by atoms with Gasteiger partial charge in [-0.25, -0.2) is 0 Å². The molecule has 0 spiro atoms. The number of benzene rings is 1. The largest absolute Gasteiger partial charge is 0.348 e. The van der Waals surface area contributed by atoms with Crippen LogP contribution in [0.1, 0.15) is 36.0 Å². The molecule has 6 nitrogen and oxygen atoms in total. The number of amides is 1. The molecule has 6 heteroatoms. The zero-order chi connectivity index (χ0) is 17.4. The van der Waals surface area contributed by atoms with Gasteiger partial charge in [0.25, 0.3) is 5.91 Å². The van der Waals surface area contributed by atoms with Gasteiger partial charge in [-0.3, -0.25) is 4.79 Å². The lowest BCUT2D eigenvalue weighted by atomic mass is 9.77. The van der Waals surface area contributed by atoms with E-state index in [2.05, 4.69) is 27.3 Å². The maximum atomic E-state index is 12.4. The maximum absolute atomic E-state index is 12.4.